The molecule has 3 heterocycles. The zero-order chi connectivity index (χ0) is 17.2. The van der Waals surface area contributed by atoms with E-state index in [9.17, 15) is 18.0 Å². The third kappa shape index (κ3) is 3.89. The standard InChI is InChI=1S/C16H12F3N3O2/c17-16(18,19)24-15-5-4-11(10-21-15)8-13(23)9-12-2-1-3-14-20-6-7-22(12)14/h1-7,10H,8-9H2. The highest BCUT2D eigenvalue weighted by Gasteiger charge is 2.31. The summed E-state index contributed by atoms with van der Waals surface area (Å²) in [7, 11) is 0. The van der Waals surface area contributed by atoms with Crippen LogP contribution < -0.4 is 4.74 Å². The van der Waals surface area contributed by atoms with Gasteiger partial charge in [0.25, 0.3) is 0 Å². The Bertz CT molecular complexity index is 857. The van der Waals surface area contributed by atoms with Crippen molar-refractivity contribution in [3.63, 3.8) is 0 Å². The third-order valence-corrected chi connectivity index (χ3v) is 3.31. The molecule has 0 aliphatic carbocycles. The lowest BCUT2D eigenvalue weighted by Crippen LogP contribution is -2.18. The summed E-state index contributed by atoms with van der Waals surface area (Å²) in [5.41, 5.74) is 2.06. The van der Waals surface area contributed by atoms with Gasteiger partial charge in [0.2, 0.25) is 5.88 Å². The summed E-state index contributed by atoms with van der Waals surface area (Å²) in [6.45, 7) is 0. The molecule has 0 aromatic carbocycles. The molecular weight excluding hydrogens is 323 g/mol. The van der Waals surface area contributed by atoms with Crippen LogP contribution in [0.4, 0.5) is 13.2 Å². The van der Waals surface area contributed by atoms with Crippen LogP contribution in [0.2, 0.25) is 0 Å². The van der Waals surface area contributed by atoms with Crippen LogP contribution in [0.5, 0.6) is 5.88 Å². The van der Waals surface area contributed by atoms with Gasteiger partial charge in [-0.1, -0.05) is 12.1 Å². The summed E-state index contributed by atoms with van der Waals surface area (Å²) in [6.07, 6.45) is 0.0961. The van der Waals surface area contributed by atoms with E-state index in [-0.39, 0.29) is 18.6 Å². The van der Waals surface area contributed by atoms with E-state index in [1.165, 1.54) is 12.3 Å². The van der Waals surface area contributed by atoms with E-state index in [2.05, 4.69) is 14.7 Å². The Morgan fingerprint density at radius 1 is 1.12 bits per heavy atom. The lowest BCUT2D eigenvalue weighted by molar-refractivity contribution is -0.276. The van der Waals surface area contributed by atoms with Crippen LogP contribution in [-0.2, 0) is 17.6 Å². The van der Waals surface area contributed by atoms with Crippen molar-refractivity contribution in [3.8, 4) is 5.88 Å². The minimum Gasteiger partial charge on any atom is -0.388 e. The minimum atomic E-state index is -4.78. The first-order chi connectivity index (χ1) is 11.4. The molecule has 3 aromatic heterocycles. The second kappa shape index (κ2) is 6.31. The number of rotatable bonds is 5. The fourth-order valence-electron chi connectivity index (χ4n) is 2.34. The molecule has 3 aromatic rings. The van der Waals surface area contributed by atoms with Gasteiger partial charge < -0.3 is 9.14 Å². The van der Waals surface area contributed by atoms with Gasteiger partial charge in [-0.15, -0.1) is 13.2 Å². The van der Waals surface area contributed by atoms with Crippen LogP contribution in [0.25, 0.3) is 5.65 Å². The number of Topliss-reactive ketones (excluding diaryl/α,β-unsaturated/α-hetero) is 1. The van der Waals surface area contributed by atoms with Gasteiger partial charge in [0.15, 0.2) is 0 Å². The predicted octanol–water partition coefficient (Wildman–Crippen LogP) is 2.98. The van der Waals surface area contributed by atoms with Gasteiger partial charge in [0.1, 0.15) is 11.4 Å². The molecule has 0 fully saturated rings. The number of aromatic nitrogens is 3. The SMILES string of the molecule is O=C(Cc1ccc(OC(F)(F)F)nc1)Cc1cccc2nccn12. The molecule has 0 aliphatic rings. The Hall–Kier alpha value is -2.90. The molecule has 24 heavy (non-hydrogen) atoms. The minimum absolute atomic E-state index is 0.0738. The van der Waals surface area contributed by atoms with Crippen molar-refractivity contribution in [1.82, 2.24) is 14.4 Å². The van der Waals surface area contributed by atoms with Crippen molar-refractivity contribution in [1.29, 1.82) is 0 Å². The number of ether oxygens (including phenoxy) is 1. The number of hydrogen-bond donors (Lipinski definition) is 0. The monoisotopic (exact) mass is 335 g/mol. The summed E-state index contributed by atoms with van der Waals surface area (Å²) in [6, 6.07) is 7.95. The van der Waals surface area contributed by atoms with Crippen molar-refractivity contribution in [2.45, 2.75) is 19.2 Å². The number of pyridine rings is 2. The number of halogens is 3. The van der Waals surface area contributed by atoms with E-state index >= 15 is 0 Å². The Morgan fingerprint density at radius 2 is 1.96 bits per heavy atom. The molecular formula is C16H12F3N3O2. The van der Waals surface area contributed by atoms with Crippen LogP contribution in [0.15, 0.2) is 48.9 Å². The molecule has 0 spiro atoms. The number of ketones is 1. The molecule has 0 radical (unpaired) electrons. The number of imidazole rings is 1. The Labute approximate surface area is 134 Å². The highest BCUT2D eigenvalue weighted by atomic mass is 19.4. The number of fused-ring (bicyclic) bond motifs is 1. The molecule has 0 amide bonds. The number of nitrogens with zero attached hydrogens (tertiary/aromatic N) is 3. The van der Waals surface area contributed by atoms with Gasteiger partial charge in [-0.05, 0) is 17.7 Å². The van der Waals surface area contributed by atoms with E-state index in [0.717, 1.165) is 17.4 Å². The molecule has 124 valence electrons. The van der Waals surface area contributed by atoms with Crippen molar-refractivity contribution in [3.05, 3.63) is 60.2 Å². The second-order valence-corrected chi connectivity index (χ2v) is 5.12. The number of hydrogen-bond acceptors (Lipinski definition) is 4. The fraction of sp³-hybridized carbons (Fsp3) is 0.188. The smallest absolute Gasteiger partial charge is 0.388 e. The molecule has 0 N–H and O–H groups in total. The lowest BCUT2D eigenvalue weighted by atomic mass is 10.1. The topological polar surface area (TPSA) is 56.5 Å². The van der Waals surface area contributed by atoms with Crippen LogP contribution in [0, 0.1) is 0 Å². The van der Waals surface area contributed by atoms with E-state index in [0.29, 0.717) is 5.56 Å². The molecule has 5 nitrogen and oxygen atoms in total. The zero-order valence-electron chi connectivity index (χ0n) is 12.3. The number of alkyl halides is 3. The average Bonchev–Trinajstić information content (AvgIpc) is 2.97. The lowest BCUT2D eigenvalue weighted by Gasteiger charge is -2.08. The normalized spacial score (nSPS) is 11.6. The first kappa shape index (κ1) is 16.0. The maximum Gasteiger partial charge on any atom is 0.574 e. The van der Waals surface area contributed by atoms with Gasteiger partial charge in [0, 0.05) is 43.2 Å². The summed E-state index contributed by atoms with van der Waals surface area (Å²) in [4.78, 5) is 19.9. The highest BCUT2D eigenvalue weighted by molar-refractivity contribution is 5.82. The zero-order valence-corrected chi connectivity index (χ0v) is 12.3. The van der Waals surface area contributed by atoms with Gasteiger partial charge >= 0.3 is 6.36 Å². The maximum absolute atomic E-state index is 12.2. The first-order valence-corrected chi connectivity index (χ1v) is 7.04. The van der Waals surface area contributed by atoms with Crippen molar-refractivity contribution >= 4 is 11.4 Å². The van der Waals surface area contributed by atoms with E-state index < -0.39 is 12.2 Å². The molecule has 8 heteroatoms. The summed E-state index contributed by atoms with van der Waals surface area (Å²) >= 11 is 0. The van der Waals surface area contributed by atoms with Crippen molar-refractivity contribution in [2.24, 2.45) is 0 Å². The van der Waals surface area contributed by atoms with Crippen LogP contribution in [0.1, 0.15) is 11.3 Å². The van der Waals surface area contributed by atoms with E-state index in [1.54, 1.807) is 12.4 Å². The quantitative estimate of drug-likeness (QED) is 0.719. The highest BCUT2D eigenvalue weighted by Crippen LogP contribution is 2.20. The molecule has 0 saturated carbocycles. The molecule has 0 aliphatic heterocycles. The predicted molar refractivity (Wildman–Crippen MR) is 78.5 cm³/mol. The van der Waals surface area contributed by atoms with E-state index in [4.69, 9.17) is 0 Å². The Morgan fingerprint density at radius 3 is 2.67 bits per heavy atom. The summed E-state index contributed by atoms with van der Waals surface area (Å²) in [5, 5.41) is 0. The second-order valence-electron chi connectivity index (χ2n) is 5.12. The number of carbonyl (C=O) groups excluding carboxylic acids is 1. The largest absolute Gasteiger partial charge is 0.574 e. The summed E-state index contributed by atoms with van der Waals surface area (Å²) < 4.78 is 41.7. The van der Waals surface area contributed by atoms with Crippen LogP contribution in [0.3, 0.4) is 0 Å². The van der Waals surface area contributed by atoms with Gasteiger partial charge in [-0.25, -0.2) is 9.97 Å². The fourth-order valence-corrected chi connectivity index (χ4v) is 2.34. The Kier molecular flexibility index (Phi) is 4.20. The number of carbonyl (C=O) groups is 1. The van der Waals surface area contributed by atoms with Crippen molar-refractivity contribution in [2.75, 3.05) is 0 Å². The van der Waals surface area contributed by atoms with Gasteiger partial charge in [0.05, 0.1) is 0 Å². The summed E-state index contributed by atoms with van der Waals surface area (Å²) in [5.74, 6) is -0.635. The molecule has 0 unspecified atom stereocenters. The average molecular weight is 335 g/mol. The first-order valence-electron chi connectivity index (χ1n) is 7.04. The van der Waals surface area contributed by atoms with Gasteiger partial charge in [-0.3, -0.25) is 4.79 Å². The molecule has 0 saturated heterocycles. The third-order valence-electron chi connectivity index (χ3n) is 3.31. The van der Waals surface area contributed by atoms with Crippen molar-refractivity contribution < 1.29 is 22.7 Å². The van der Waals surface area contributed by atoms with Gasteiger partial charge in [-0.2, -0.15) is 0 Å². The Balaban J connectivity index is 1.66. The van der Waals surface area contributed by atoms with Crippen LogP contribution in [-0.4, -0.2) is 26.5 Å². The molecule has 0 bridgehead atoms. The van der Waals surface area contributed by atoms with Crippen LogP contribution >= 0.6 is 0 Å². The maximum atomic E-state index is 12.2. The molecule has 0 atom stereocenters. The van der Waals surface area contributed by atoms with E-state index in [1.807, 2.05) is 22.6 Å². The molecule has 3 rings (SSSR count).